The molecule has 2 rings (SSSR count). The summed E-state index contributed by atoms with van der Waals surface area (Å²) in [4.78, 5) is 27.0. The van der Waals surface area contributed by atoms with Gasteiger partial charge in [-0.15, -0.1) is 0 Å². The van der Waals surface area contributed by atoms with Crippen molar-refractivity contribution in [2.75, 3.05) is 13.7 Å². The molecule has 1 aromatic carbocycles. The fraction of sp³-hybridized carbons (Fsp3) is 0.214. The molecule has 0 aliphatic rings. The molecule has 1 heterocycles. The number of fused-ring (bicyclic) bond motifs is 1. The normalized spacial score (nSPS) is 10.2. The molecule has 0 spiro atoms. The molecular formula is C14H14N2O3. The lowest BCUT2D eigenvalue weighted by Gasteiger charge is -2.05. The molecular weight excluding hydrogens is 244 g/mol. The number of benzene rings is 1. The standard InChI is InChI=1S/C14H14N2O3/c1-19-13(17)6-7-15-14(18)11-8-10-4-2-3-5-12(10)16-9-11/h2-5,8-9H,6-7H2,1H3,(H,15,18). The number of nitrogens with zero attached hydrogens (tertiary/aromatic N) is 1. The molecule has 0 saturated heterocycles. The van der Waals surface area contributed by atoms with Crippen molar-refractivity contribution >= 4 is 22.8 Å². The van der Waals surface area contributed by atoms with E-state index in [4.69, 9.17) is 0 Å². The molecule has 19 heavy (non-hydrogen) atoms. The molecule has 0 atom stereocenters. The van der Waals surface area contributed by atoms with E-state index in [-0.39, 0.29) is 24.8 Å². The molecule has 5 heteroatoms. The lowest BCUT2D eigenvalue weighted by Crippen LogP contribution is -2.26. The van der Waals surface area contributed by atoms with Crippen LogP contribution in [0.4, 0.5) is 0 Å². The second kappa shape index (κ2) is 5.95. The summed E-state index contributed by atoms with van der Waals surface area (Å²) in [6.07, 6.45) is 1.68. The van der Waals surface area contributed by atoms with Gasteiger partial charge in [0.2, 0.25) is 0 Å². The summed E-state index contributed by atoms with van der Waals surface area (Å²) < 4.78 is 4.49. The van der Waals surface area contributed by atoms with Crippen LogP contribution in [0.5, 0.6) is 0 Å². The number of aromatic nitrogens is 1. The maximum absolute atomic E-state index is 11.9. The van der Waals surface area contributed by atoms with Crippen LogP contribution in [0.1, 0.15) is 16.8 Å². The molecule has 98 valence electrons. The first-order valence-electron chi connectivity index (χ1n) is 5.90. The maximum atomic E-state index is 11.9. The van der Waals surface area contributed by atoms with Crippen molar-refractivity contribution in [1.82, 2.24) is 10.3 Å². The Balaban J connectivity index is 2.03. The molecule has 0 aliphatic heterocycles. The van der Waals surface area contributed by atoms with Crippen LogP contribution >= 0.6 is 0 Å². The molecule has 1 aromatic heterocycles. The molecule has 0 aliphatic carbocycles. The van der Waals surface area contributed by atoms with Crippen molar-refractivity contribution in [3.63, 3.8) is 0 Å². The minimum absolute atomic E-state index is 0.156. The molecule has 0 fully saturated rings. The zero-order valence-corrected chi connectivity index (χ0v) is 10.6. The van der Waals surface area contributed by atoms with Gasteiger partial charge in [-0.25, -0.2) is 0 Å². The highest BCUT2D eigenvalue weighted by Crippen LogP contribution is 2.12. The van der Waals surface area contributed by atoms with E-state index in [0.29, 0.717) is 5.56 Å². The molecule has 0 saturated carbocycles. The van der Waals surface area contributed by atoms with Crippen molar-refractivity contribution in [1.29, 1.82) is 0 Å². The van der Waals surface area contributed by atoms with Crippen LogP contribution in [0.3, 0.4) is 0 Å². The number of ether oxygens (including phenoxy) is 1. The summed E-state index contributed by atoms with van der Waals surface area (Å²) in [5.41, 5.74) is 1.32. The Labute approximate surface area is 110 Å². The number of pyridine rings is 1. The quantitative estimate of drug-likeness (QED) is 0.844. The Morgan fingerprint density at radius 3 is 2.89 bits per heavy atom. The zero-order valence-electron chi connectivity index (χ0n) is 10.6. The summed E-state index contributed by atoms with van der Waals surface area (Å²) in [7, 11) is 1.32. The van der Waals surface area contributed by atoms with Crippen molar-refractivity contribution in [3.8, 4) is 0 Å². The zero-order chi connectivity index (χ0) is 13.7. The van der Waals surface area contributed by atoms with Gasteiger partial charge in [-0.3, -0.25) is 14.6 Å². The summed E-state index contributed by atoms with van der Waals surface area (Å²) in [5, 5.41) is 3.55. The lowest BCUT2D eigenvalue weighted by atomic mass is 10.1. The fourth-order valence-electron chi connectivity index (χ4n) is 1.68. The third-order valence-electron chi connectivity index (χ3n) is 2.70. The van der Waals surface area contributed by atoms with Crippen LogP contribution in [0.2, 0.25) is 0 Å². The van der Waals surface area contributed by atoms with Crippen LogP contribution in [0, 0.1) is 0 Å². The highest BCUT2D eigenvalue weighted by Gasteiger charge is 2.07. The van der Waals surface area contributed by atoms with Gasteiger partial charge in [-0.1, -0.05) is 18.2 Å². The van der Waals surface area contributed by atoms with Gasteiger partial charge in [0, 0.05) is 18.1 Å². The minimum atomic E-state index is -0.350. The summed E-state index contributed by atoms with van der Waals surface area (Å²) in [6, 6.07) is 9.34. The third kappa shape index (κ3) is 3.28. The number of esters is 1. The second-order valence-corrected chi connectivity index (χ2v) is 4.00. The summed E-state index contributed by atoms with van der Waals surface area (Å²) in [5.74, 6) is -0.598. The van der Waals surface area contributed by atoms with Gasteiger partial charge in [0.1, 0.15) is 0 Å². The number of carbonyl (C=O) groups is 2. The first kappa shape index (κ1) is 13.0. The fourth-order valence-corrected chi connectivity index (χ4v) is 1.68. The Morgan fingerprint density at radius 1 is 1.32 bits per heavy atom. The second-order valence-electron chi connectivity index (χ2n) is 4.00. The highest BCUT2D eigenvalue weighted by molar-refractivity contribution is 5.97. The SMILES string of the molecule is COC(=O)CCNC(=O)c1cnc2ccccc2c1. The van der Waals surface area contributed by atoms with E-state index in [1.807, 2.05) is 24.3 Å². The minimum Gasteiger partial charge on any atom is -0.469 e. The number of para-hydroxylation sites is 1. The van der Waals surface area contributed by atoms with Crippen molar-refractivity contribution in [2.24, 2.45) is 0 Å². The van der Waals surface area contributed by atoms with Gasteiger partial charge in [-0.05, 0) is 12.1 Å². The number of hydrogen-bond donors (Lipinski definition) is 1. The number of rotatable bonds is 4. The van der Waals surface area contributed by atoms with E-state index in [9.17, 15) is 9.59 Å². The van der Waals surface area contributed by atoms with E-state index >= 15 is 0 Å². The topological polar surface area (TPSA) is 68.3 Å². The van der Waals surface area contributed by atoms with E-state index in [0.717, 1.165) is 10.9 Å². The van der Waals surface area contributed by atoms with Crippen molar-refractivity contribution < 1.29 is 14.3 Å². The molecule has 5 nitrogen and oxygen atoms in total. The van der Waals surface area contributed by atoms with E-state index in [1.54, 1.807) is 6.07 Å². The Hall–Kier alpha value is -2.43. The van der Waals surface area contributed by atoms with Crippen LogP contribution in [0.25, 0.3) is 10.9 Å². The largest absolute Gasteiger partial charge is 0.469 e. The predicted octanol–water partition coefficient (Wildman–Crippen LogP) is 1.53. The number of hydrogen-bond acceptors (Lipinski definition) is 4. The monoisotopic (exact) mass is 258 g/mol. The van der Waals surface area contributed by atoms with Gasteiger partial charge in [0.15, 0.2) is 0 Å². The van der Waals surface area contributed by atoms with Crippen LogP contribution in [0.15, 0.2) is 36.5 Å². The Morgan fingerprint density at radius 2 is 2.11 bits per heavy atom. The Bertz CT molecular complexity index is 610. The van der Waals surface area contributed by atoms with Gasteiger partial charge in [0.25, 0.3) is 5.91 Å². The number of carbonyl (C=O) groups excluding carboxylic acids is 2. The van der Waals surface area contributed by atoms with Gasteiger partial charge in [-0.2, -0.15) is 0 Å². The highest BCUT2D eigenvalue weighted by atomic mass is 16.5. The first-order chi connectivity index (χ1) is 9.20. The predicted molar refractivity (Wildman–Crippen MR) is 70.7 cm³/mol. The smallest absolute Gasteiger partial charge is 0.307 e. The Kier molecular flexibility index (Phi) is 4.07. The molecule has 0 unspecified atom stereocenters. The number of amides is 1. The van der Waals surface area contributed by atoms with Crippen LogP contribution in [-0.4, -0.2) is 30.5 Å². The maximum Gasteiger partial charge on any atom is 0.307 e. The van der Waals surface area contributed by atoms with Gasteiger partial charge < -0.3 is 10.1 Å². The average Bonchev–Trinajstić information content (AvgIpc) is 2.46. The van der Waals surface area contributed by atoms with Crippen LogP contribution < -0.4 is 5.32 Å². The molecule has 1 amide bonds. The summed E-state index contributed by atoms with van der Waals surface area (Å²) >= 11 is 0. The van der Waals surface area contributed by atoms with Crippen LogP contribution in [-0.2, 0) is 9.53 Å². The first-order valence-corrected chi connectivity index (χ1v) is 5.90. The summed E-state index contributed by atoms with van der Waals surface area (Å²) in [6.45, 7) is 0.248. The molecule has 2 aromatic rings. The van der Waals surface area contributed by atoms with Crippen molar-refractivity contribution in [2.45, 2.75) is 6.42 Å². The van der Waals surface area contributed by atoms with E-state index < -0.39 is 0 Å². The molecule has 1 N–H and O–H groups in total. The van der Waals surface area contributed by atoms with Crippen molar-refractivity contribution in [3.05, 3.63) is 42.1 Å². The molecule has 0 radical (unpaired) electrons. The van der Waals surface area contributed by atoms with E-state index in [2.05, 4.69) is 15.0 Å². The lowest BCUT2D eigenvalue weighted by molar-refractivity contribution is -0.140. The number of nitrogens with one attached hydrogen (secondary N) is 1. The van der Waals surface area contributed by atoms with Gasteiger partial charge >= 0.3 is 5.97 Å². The van der Waals surface area contributed by atoms with Gasteiger partial charge in [0.05, 0.1) is 24.6 Å². The molecule has 0 bridgehead atoms. The van der Waals surface area contributed by atoms with E-state index in [1.165, 1.54) is 13.3 Å². The average molecular weight is 258 g/mol. The third-order valence-corrected chi connectivity index (χ3v) is 2.70. The number of methoxy groups -OCH3 is 1.